The molecule has 1 unspecified atom stereocenters. The molecule has 144 valence electrons. The van der Waals surface area contributed by atoms with Crippen molar-refractivity contribution in [3.05, 3.63) is 28.8 Å². The first kappa shape index (κ1) is 20.4. The predicted molar refractivity (Wildman–Crippen MR) is 97.5 cm³/mol. The number of likely N-dealkylation sites (N-methyl/N-ethyl adjacent to an activating group) is 1. The summed E-state index contributed by atoms with van der Waals surface area (Å²) in [7, 11) is -3.84. The van der Waals surface area contributed by atoms with E-state index in [4.69, 9.17) is 5.11 Å². The van der Waals surface area contributed by atoms with Gasteiger partial charge in [-0.2, -0.15) is 4.31 Å². The fourth-order valence-corrected chi connectivity index (χ4v) is 5.75. The number of carboxylic acid groups (broad SMARTS) is 1. The molecule has 0 saturated carbocycles. The van der Waals surface area contributed by atoms with Crippen LogP contribution in [0.3, 0.4) is 0 Å². The summed E-state index contributed by atoms with van der Waals surface area (Å²) in [5.74, 6) is -1.56. The first-order valence-electron chi connectivity index (χ1n) is 8.69. The number of rotatable bonds is 6. The minimum atomic E-state index is -3.84. The van der Waals surface area contributed by atoms with Crippen molar-refractivity contribution < 1.29 is 23.1 Å². The van der Waals surface area contributed by atoms with Crippen LogP contribution < -0.4 is 0 Å². The molecule has 0 radical (unpaired) electrons. The Morgan fingerprint density at radius 1 is 1.23 bits per heavy atom. The predicted octanol–water partition coefficient (Wildman–Crippen LogP) is 1.70. The second-order valence-corrected chi connectivity index (χ2v) is 8.58. The number of nitrogens with zero attached hydrogens (tertiary/aromatic N) is 2. The van der Waals surface area contributed by atoms with Gasteiger partial charge in [-0.1, -0.05) is 17.7 Å². The van der Waals surface area contributed by atoms with Crippen molar-refractivity contribution in [2.45, 2.75) is 51.5 Å². The summed E-state index contributed by atoms with van der Waals surface area (Å²) in [6, 6.07) is 2.78. The molecule has 1 atom stereocenters. The number of benzene rings is 1. The number of amides is 1. The molecular weight excluding hydrogens is 356 g/mol. The number of sulfonamides is 1. The average Bonchev–Trinajstić information content (AvgIpc) is 3.00. The Labute approximate surface area is 154 Å². The van der Waals surface area contributed by atoms with Gasteiger partial charge in [-0.15, -0.1) is 0 Å². The molecular formula is C18H26N2O5S. The van der Waals surface area contributed by atoms with E-state index in [2.05, 4.69) is 0 Å². The van der Waals surface area contributed by atoms with Crippen molar-refractivity contribution in [3.8, 4) is 0 Å². The number of carbonyl (C=O) groups excluding carboxylic acids is 1. The zero-order valence-corrected chi connectivity index (χ0v) is 16.5. The smallest absolute Gasteiger partial charge is 0.323 e. The van der Waals surface area contributed by atoms with E-state index in [9.17, 15) is 18.0 Å². The zero-order chi connectivity index (χ0) is 19.6. The molecule has 0 spiro atoms. The summed E-state index contributed by atoms with van der Waals surface area (Å²) in [4.78, 5) is 25.2. The molecule has 26 heavy (non-hydrogen) atoms. The van der Waals surface area contributed by atoms with Crippen LogP contribution in [0.1, 0.15) is 36.5 Å². The van der Waals surface area contributed by atoms with Crippen molar-refractivity contribution in [2.75, 3.05) is 19.6 Å². The molecule has 1 aromatic rings. The lowest BCUT2D eigenvalue weighted by molar-refractivity contribution is -0.145. The minimum Gasteiger partial charge on any atom is -0.480 e. The molecule has 1 aliphatic rings. The number of hydrogen-bond donors (Lipinski definition) is 1. The van der Waals surface area contributed by atoms with Crippen LogP contribution in [0, 0.1) is 20.8 Å². The Kier molecular flexibility index (Phi) is 6.08. The highest BCUT2D eigenvalue weighted by Gasteiger charge is 2.42. The maximum Gasteiger partial charge on any atom is 0.323 e. The summed E-state index contributed by atoms with van der Waals surface area (Å²) >= 11 is 0. The molecule has 8 heteroatoms. The fourth-order valence-electron chi connectivity index (χ4n) is 3.69. The summed E-state index contributed by atoms with van der Waals surface area (Å²) < 4.78 is 27.8. The Balaban J connectivity index is 2.40. The molecule has 1 saturated heterocycles. The quantitative estimate of drug-likeness (QED) is 0.808. The van der Waals surface area contributed by atoms with Crippen LogP contribution >= 0.6 is 0 Å². The van der Waals surface area contributed by atoms with Gasteiger partial charge in [-0.05, 0) is 51.7 Å². The van der Waals surface area contributed by atoms with Gasteiger partial charge in [0.1, 0.15) is 12.6 Å². The van der Waals surface area contributed by atoms with E-state index < -0.39 is 34.5 Å². The van der Waals surface area contributed by atoms with Gasteiger partial charge in [0.05, 0.1) is 4.90 Å². The summed E-state index contributed by atoms with van der Waals surface area (Å²) in [5, 5.41) is 8.98. The van der Waals surface area contributed by atoms with E-state index in [1.165, 1.54) is 9.21 Å². The average molecular weight is 382 g/mol. The third-order valence-electron chi connectivity index (χ3n) is 4.68. The van der Waals surface area contributed by atoms with Crippen molar-refractivity contribution in [2.24, 2.45) is 0 Å². The van der Waals surface area contributed by atoms with E-state index in [1.807, 2.05) is 19.1 Å². The maximum atomic E-state index is 13.3. The van der Waals surface area contributed by atoms with Crippen molar-refractivity contribution >= 4 is 21.9 Å². The van der Waals surface area contributed by atoms with Crippen LogP contribution in [-0.2, 0) is 19.6 Å². The lowest BCUT2D eigenvalue weighted by Crippen LogP contribution is -2.49. The second-order valence-electron chi connectivity index (χ2n) is 6.75. The molecule has 2 rings (SSSR count). The zero-order valence-electron chi connectivity index (χ0n) is 15.7. The second kappa shape index (κ2) is 7.75. The van der Waals surface area contributed by atoms with Gasteiger partial charge in [-0.3, -0.25) is 9.59 Å². The van der Waals surface area contributed by atoms with Gasteiger partial charge in [0.25, 0.3) is 0 Å². The monoisotopic (exact) mass is 382 g/mol. The van der Waals surface area contributed by atoms with Gasteiger partial charge in [0.15, 0.2) is 0 Å². The van der Waals surface area contributed by atoms with Crippen LogP contribution in [0.5, 0.6) is 0 Å². The molecule has 1 amide bonds. The maximum absolute atomic E-state index is 13.3. The Morgan fingerprint density at radius 2 is 1.81 bits per heavy atom. The SMILES string of the molecule is CCN(CC(=O)O)C(=O)C1CCCN1S(=O)(=O)c1c(C)cc(C)cc1C. The van der Waals surface area contributed by atoms with Gasteiger partial charge in [0, 0.05) is 13.1 Å². The number of aryl methyl sites for hydroxylation is 3. The molecule has 1 aliphatic heterocycles. The van der Waals surface area contributed by atoms with Gasteiger partial charge in [-0.25, -0.2) is 8.42 Å². The topological polar surface area (TPSA) is 95.0 Å². The largest absolute Gasteiger partial charge is 0.480 e. The van der Waals surface area contributed by atoms with Crippen molar-refractivity contribution in [1.29, 1.82) is 0 Å². The van der Waals surface area contributed by atoms with Crippen molar-refractivity contribution in [1.82, 2.24) is 9.21 Å². The first-order valence-corrected chi connectivity index (χ1v) is 10.1. The minimum absolute atomic E-state index is 0.220. The molecule has 1 heterocycles. The Hall–Kier alpha value is -1.93. The summed E-state index contributed by atoms with van der Waals surface area (Å²) in [6.45, 7) is 7.15. The van der Waals surface area contributed by atoms with Crippen molar-refractivity contribution in [3.63, 3.8) is 0 Å². The number of hydrogen-bond acceptors (Lipinski definition) is 4. The summed E-state index contributed by atoms with van der Waals surface area (Å²) in [6.07, 6.45) is 0.975. The summed E-state index contributed by atoms with van der Waals surface area (Å²) in [5.41, 5.74) is 2.28. The van der Waals surface area contributed by atoms with Crippen LogP contribution in [0.4, 0.5) is 0 Å². The lowest BCUT2D eigenvalue weighted by atomic mass is 10.1. The normalized spacial score (nSPS) is 18.1. The van der Waals surface area contributed by atoms with E-state index >= 15 is 0 Å². The van der Waals surface area contributed by atoms with Gasteiger partial charge in [0.2, 0.25) is 15.9 Å². The van der Waals surface area contributed by atoms with E-state index in [1.54, 1.807) is 20.8 Å². The van der Waals surface area contributed by atoms with Crippen LogP contribution in [0.15, 0.2) is 17.0 Å². The first-order chi connectivity index (χ1) is 12.1. The molecule has 0 bridgehead atoms. The van der Waals surface area contributed by atoms with E-state index in [-0.39, 0.29) is 18.0 Å². The Morgan fingerprint density at radius 3 is 2.31 bits per heavy atom. The molecule has 0 aliphatic carbocycles. The molecule has 0 aromatic heterocycles. The highest BCUT2D eigenvalue weighted by atomic mass is 32.2. The highest BCUT2D eigenvalue weighted by Crippen LogP contribution is 2.31. The molecule has 1 fully saturated rings. The van der Waals surface area contributed by atoms with Crippen LogP contribution in [0.25, 0.3) is 0 Å². The van der Waals surface area contributed by atoms with Crippen LogP contribution in [0.2, 0.25) is 0 Å². The van der Waals surface area contributed by atoms with Gasteiger partial charge >= 0.3 is 5.97 Å². The third-order valence-corrected chi connectivity index (χ3v) is 6.89. The number of aliphatic carboxylic acids is 1. The number of carbonyl (C=O) groups is 2. The molecule has 7 nitrogen and oxygen atoms in total. The standard InChI is InChI=1S/C18H26N2O5S/c1-5-19(11-16(21)22)18(23)15-7-6-8-20(15)26(24,25)17-13(3)9-12(2)10-14(17)4/h9-10,15H,5-8,11H2,1-4H3,(H,21,22). The third kappa shape index (κ3) is 3.91. The molecule has 1 N–H and O–H groups in total. The molecule has 1 aromatic carbocycles. The highest BCUT2D eigenvalue weighted by molar-refractivity contribution is 7.89. The van der Waals surface area contributed by atoms with Gasteiger partial charge < -0.3 is 10.0 Å². The van der Waals surface area contributed by atoms with E-state index in [0.29, 0.717) is 24.0 Å². The lowest BCUT2D eigenvalue weighted by Gasteiger charge is -2.29. The van der Waals surface area contributed by atoms with Crippen LogP contribution in [-0.4, -0.2) is 60.3 Å². The fraction of sp³-hybridized carbons (Fsp3) is 0.556. The Bertz CT molecular complexity index is 796. The van der Waals surface area contributed by atoms with E-state index in [0.717, 1.165) is 5.56 Å². The number of carboxylic acids is 1.